The van der Waals surface area contributed by atoms with Crippen LogP contribution in [0.15, 0.2) is 0 Å². The maximum atomic E-state index is 2.56. The zero-order valence-corrected chi connectivity index (χ0v) is 11.5. The van der Waals surface area contributed by atoms with Crippen LogP contribution < -0.4 is 0 Å². The Balaban J connectivity index is 2.22. The average Bonchev–Trinajstić information content (AvgIpc) is 3.03. The van der Waals surface area contributed by atoms with Gasteiger partial charge in [-0.25, -0.2) is 0 Å². The molecular weight excluding hydrogens is 180 g/mol. The quantitative estimate of drug-likeness (QED) is 0.617. The first-order chi connectivity index (χ1) is 6.93. The molecule has 2 aliphatic rings. The van der Waals surface area contributed by atoms with E-state index in [1.54, 1.807) is 0 Å². The van der Waals surface area contributed by atoms with E-state index in [0.29, 0.717) is 10.8 Å². The Morgan fingerprint density at radius 2 is 1.73 bits per heavy atom. The van der Waals surface area contributed by atoms with Gasteiger partial charge in [-0.2, -0.15) is 0 Å². The van der Waals surface area contributed by atoms with Gasteiger partial charge in [0.05, 0.1) is 0 Å². The van der Waals surface area contributed by atoms with Gasteiger partial charge < -0.3 is 0 Å². The molecule has 0 heterocycles. The third kappa shape index (κ3) is 1.04. The molecule has 0 bridgehead atoms. The third-order valence-corrected chi connectivity index (χ3v) is 6.50. The lowest BCUT2D eigenvalue weighted by Crippen LogP contribution is -2.03. The van der Waals surface area contributed by atoms with E-state index in [9.17, 15) is 0 Å². The van der Waals surface area contributed by atoms with Crippen LogP contribution in [0.4, 0.5) is 0 Å². The van der Waals surface area contributed by atoms with Crippen molar-refractivity contribution in [2.45, 2.75) is 67.2 Å². The highest BCUT2D eigenvalue weighted by Crippen LogP contribution is 2.93. The highest BCUT2D eigenvalue weighted by Gasteiger charge is 2.87. The van der Waals surface area contributed by atoms with E-state index in [-0.39, 0.29) is 0 Å². The minimum atomic E-state index is 0.674. The van der Waals surface area contributed by atoms with Gasteiger partial charge in [0, 0.05) is 0 Å². The molecule has 0 nitrogen and oxygen atoms in total. The zero-order valence-electron chi connectivity index (χ0n) is 11.5. The van der Waals surface area contributed by atoms with Gasteiger partial charge in [-0.3, -0.25) is 0 Å². The van der Waals surface area contributed by atoms with Crippen LogP contribution in [0, 0.1) is 28.1 Å². The first-order valence-electron chi connectivity index (χ1n) is 6.93. The van der Waals surface area contributed by atoms with E-state index in [1.165, 1.54) is 25.7 Å². The Labute approximate surface area is 95.8 Å². The molecule has 0 amide bonds. The first kappa shape index (κ1) is 11.5. The molecule has 1 spiro atoms. The van der Waals surface area contributed by atoms with Gasteiger partial charge in [-0.15, -0.1) is 0 Å². The Morgan fingerprint density at radius 1 is 1.13 bits per heavy atom. The Bertz CT molecular complexity index is 269. The van der Waals surface area contributed by atoms with Gasteiger partial charge in [-0.1, -0.05) is 54.4 Å². The van der Waals surface area contributed by atoms with Gasteiger partial charge in [0.15, 0.2) is 0 Å². The number of rotatable bonds is 4. The van der Waals surface area contributed by atoms with Crippen LogP contribution in [0.5, 0.6) is 0 Å². The van der Waals surface area contributed by atoms with Crippen molar-refractivity contribution < 1.29 is 0 Å². The standard InChI is InChI=1S/C15H28/c1-7-11(4)12-14(6,9-3)15(12)10-13(15,5)8-2/h11-12H,7-10H2,1-6H3. The van der Waals surface area contributed by atoms with Crippen molar-refractivity contribution in [1.29, 1.82) is 0 Å². The Morgan fingerprint density at radius 3 is 2.07 bits per heavy atom. The lowest BCUT2D eigenvalue weighted by molar-refractivity contribution is 0.378. The summed E-state index contributed by atoms with van der Waals surface area (Å²) in [5.74, 6) is 1.95. The molecule has 2 aliphatic carbocycles. The van der Waals surface area contributed by atoms with Gasteiger partial charge in [0.2, 0.25) is 0 Å². The summed E-state index contributed by atoms with van der Waals surface area (Å²) >= 11 is 0. The summed E-state index contributed by atoms with van der Waals surface area (Å²) in [5.41, 5.74) is 2.11. The molecule has 5 unspecified atom stereocenters. The molecule has 88 valence electrons. The lowest BCUT2D eigenvalue weighted by Gasteiger charge is -2.12. The molecule has 0 N–H and O–H groups in total. The third-order valence-electron chi connectivity index (χ3n) is 6.50. The predicted molar refractivity (Wildman–Crippen MR) is 66.8 cm³/mol. The minimum absolute atomic E-state index is 0.674. The fourth-order valence-corrected chi connectivity index (χ4v) is 5.07. The monoisotopic (exact) mass is 208 g/mol. The van der Waals surface area contributed by atoms with E-state index in [4.69, 9.17) is 0 Å². The van der Waals surface area contributed by atoms with E-state index < -0.39 is 0 Å². The van der Waals surface area contributed by atoms with Crippen LogP contribution in [0.1, 0.15) is 67.2 Å². The second kappa shape index (κ2) is 3.02. The van der Waals surface area contributed by atoms with Crippen LogP contribution in [0.2, 0.25) is 0 Å². The summed E-state index contributed by atoms with van der Waals surface area (Å²) in [6, 6.07) is 0. The van der Waals surface area contributed by atoms with Gasteiger partial charge >= 0.3 is 0 Å². The predicted octanol–water partition coefficient (Wildman–Crippen LogP) is 4.89. The smallest absolute Gasteiger partial charge is 0.0145 e. The maximum absolute atomic E-state index is 2.56. The topological polar surface area (TPSA) is 0 Å². The molecule has 0 radical (unpaired) electrons. The van der Waals surface area contributed by atoms with E-state index in [1.807, 2.05) is 0 Å². The summed E-state index contributed by atoms with van der Waals surface area (Å²) in [5, 5.41) is 0. The summed E-state index contributed by atoms with van der Waals surface area (Å²) in [4.78, 5) is 0. The van der Waals surface area contributed by atoms with E-state index in [0.717, 1.165) is 17.3 Å². The van der Waals surface area contributed by atoms with Crippen LogP contribution in [-0.4, -0.2) is 0 Å². The van der Waals surface area contributed by atoms with Crippen LogP contribution in [-0.2, 0) is 0 Å². The van der Waals surface area contributed by atoms with Crippen molar-refractivity contribution in [1.82, 2.24) is 0 Å². The van der Waals surface area contributed by atoms with Crippen molar-refractivity contribution in [3.63, 3.8) is 0 Å². The summed E-state index contributed by atoms with van der Waals surface area (Å²) in [7, 11) is 0. The molecule has 15 heavy (non-hydrogen) atoms. The zero-order chi connectivity index (χ0) is 11.5. The largest absolute Gasteiger partial charge is 0.0651 e. The highest BCUT2D eigenvalue weighted by atomic mass is 14.9. The molecule has 2 rings (SSSR count). The van der Waals surface area contributed by atoms with Crippen LogP contribution in [0.25, 0.3) is 0 Å². The van der Waals surface area contributed by atoms with Crippen LogP contribution >= 0.6 is 0 Å². The normalized spacial score (nSPS) is 54.4. The fourth-order valence-electron chi connectivity index (χ4n) is 5.07. The molecule has 0 aromatic rings. The first-order valence-corrected chi connectivity index (χ1v) is 6.93. The second-order valence-corrected chi connectivity index (χ2v) is 6.70. The Hall–Kier alpha value is 0. The van der Waals surface area contributed by atoms with Gasteiger partial charge in [0.25, 0.3) is 0 Å². The van der Waals surface area contributed by atoms with Crippen LogP contribution in [0.3, 0.4) is 0 Å². The lowest BCUT2D eigenvalue weighted by atomic mass is 9.93. The Kier molecular flexibility index (Phi) is 2.31. The molecule has 0 heteroatoms. The van der Waals surface area contributed by atoms with E-state index >= 15 is 0 Å². The van der Waals surface area contributed by atoms with Crippen molar-refractivity contribution in [3.05, 3.63) is 0 Å². The van der Waals surface area contributed by atoms with Crippen molar-refractivity contribution in [2.75, 3.05) is 0 Å². The maximum Gasteiger partial charge on any atom is -0.0145 e. The second-order valence-electron chi connectivity index (χ2n) is 6.70. The molecule has 0 saturated heterocycles. The molecule has 2 saturated carbocycles. The van der Waals surface area contributed by atoms with E-state index in [2.05, 4.69) is 41.5 Å². The molecule has 0 aromatic carbocycles. The van der Waals surface area contributed by atoms with Crippen molar-refractivity contribution in [3.8, 4) is 0 Å². The summed E-state index contributed by atoms with van der Waals surface area (Å²) in [6.45, 7) is 14.7. The molecule has 5 atom stereocenters. The minimum Gasteiger partial charge on any atom is -0.0651 e. The van der Waals surface area contributed by atoms with Gasteiger partial charge in [0.1, 0.15) is 0 Å². The average molecular weight is 208 g/mol. The van der Waals surface area contributed by atoms with Crippen molar-refractivity contribution in [2.24, 2.45) is 28.1 Å². The number of hydrogen-bond donors (Lipinski definition) is 0. The summed E-state index contributed by atoms with van der Waals surface area (Å²) < 4.78 is 0. The number of hydrogen-bond acceptors (Lipinski definition) is 0. The molecule has 2 fully saturated rings. The van der Waals surface area contributed by atoms with Crippen molar-refractivity contribution >= 4 is 0 Å². The van der Waals surface area contributed by atoms with Gasteiger partial charge in [-0.05, 0) is 40.9 Å². The summed E-state index contributed by atoms with van der Waals surface area (Å²) in [6.07, 6.45) is 5.64. The molecule has 0 aromatic heterocycles. The fraction of sp³-hybridized carbons (Fsp3) is 1.00. The SMILES string of the molecule is CCC(C)C1C(C)(CC)C12CC2(C)CC. The molecular formula is C15H28. The highest BCUT2D eigenvalue weighted by molar-refractivity contribution is 5.35. The molecule has 0 aliphatic heterocycles.